The van der Waals surface area contributed by atoms with Gasteiger partial charge in [0.1, 0.15) is 11.5 Å². The first-order valence-corrected chi connectivity index (χ1v) is 9.11. The lowest BCUT2D eigenvalue weighted by molar-refractivity contribution is -0.119. The maximum atomic E-state index is 12.2. The number of hydrogen-bond donors (Lipinski definition) is 1. The minimum atomic E-state index is -0.641. The number of carbonyl (C=O) groups excluding carboxylic acids is 2. The average molecular weight is 407 g/mol. The minimum absolute atomic E-state index is 0.253. The van der Waals surface area contributed by atoms with Crippen LogP contribution in [0.1, 0.15) is 10.4 Å². The van der Waals surface area contributed by atoms with Crippen LogP contribution in [0.5, 0.6) is 23.0 Å². The third-order valence-corrected chi connectivity index (χ3v) is 4.07. The van der Waals surface area contributed by atoms with Gasteiger partial charge >= 0.3 is 5.97 Å². The van der Waals surface area contributed by atoms with Crippen LogP contribution in [0.4, 0.5) is 5.69 Å². The van der Waals surface area contributed by atoms with Crippen molar-refractivity contribution in [2.45, 2.75) is 0 Å². The van der Waals surface area contributed by atoms with Gasteiger partial charge in [0.15, 0.2) is 18.1 Å². The van der Waals surface area contributed by atoms with Crippen LogP contribution in [0.15, 0.2) is 72.8 Å². The summed E-state index contributed by atoms with van der Waals surface area (Å²) in [6.07, 6.45) is 0. The highest BCUT2D eigenvalue weighted by atomic mass is 16.5. The van der Waals surface area contributed by atoms with Crippen molar-refractivity contribution in [1.82, 2.24) is 0 Å². The monoisotopic (exact) mass is 407 g/mol. The van der Waals surface area contributed by atoms with Gasteiger partial charge in [-0.2, -0.15) is 0 Å². The maximum absolute atomic E-state index is 12.2. The fourth-order valence-corrected chi connectivity index (χ4v) is 2.61. The summed E-state index contributed by atoms with van der Waals surface area (Å²) in [5.41, 5.74) is 0.811. The topological polar surface area (TPSA) is 83.1 Å². The number of carbonyl (C=O) groups is 2. The standard InChI is InChI=1S/C23H21NO6/c1-27-20-13-8-16(14-21(20)28-2)23(26)29-15-22(25)24-17-9-11-19(12-10-17)30-18-6-4-3-5-7-18/h3-14H,15H2,1-2H3,(H,24,25). The van der Waals surface area contributed by atoms with Crippen LogP contribution >= 0.6 is 0 Å². The number of nitrogens with one attached hydrogen (secondary N) is 1. The van der Waals surface area contributed by atoms with Crippen molar-refractivity contribution in [3.63, 3.8) is 0 Å². The largest absolute Gasteiger partial charge is 0.493 e. The summed E-state index contributed by atoms with van der Waals surface area (Å²) in [6.45, 7) is -0.421. The molecular formula is C23H21NO6. The molecule has 3 aromatic carbocycles. The van der Waals surface area contributed by atoms with E-state index in [-0.39, 0.29) is 5.56 Å². The third kappa shape index (κ3) is 5.51. The summed E-state index contributed by atoms with van der Waals surface area (Å²) < 4.78 is 21.0. The van der Waals surface area contributed by atoms with E-state index in [0.29, 0.717) is 22.9 Å². The highest BCUT2D eigenvalue weighted by molar-refractivity contribution is 5.95. The molecule has 0 saturated carbocycles. The van der Waals surface area contributed by atoms with E-state index in [1.54, 1.807) is 30.3 Å². The van der Waals surface area contributed by atoms with E-state index in [2.05, 4.69) is 5.32 Å². The van der Waals surface area contributed by atoms with Crippen LogP contribution in [0.3, 0.4) is 0 Å². The van der Waals surface area contributed by atoms with Gasteiger partial charge in [-0.25, -0.2) is 4.79 Å². The van der Waals surface area contributed by atoms with E-state index < -0.39 is 18.5 Å². The number of para-hydroxylation sites is 1. The summed E-state index contributed by atoms with van der Waals surface area (Å²) in [4.78, 5) is 24.3. The predicted octanol–water partition coefficient (Wildman–Crippen LogP) is 4.29. The van der Waals surface area contributed by atoms with Gasteiger partial charge in [0.05, 0.1) is 19.8 Å². The predicted molar refractivity (Wildman–Crippen MR) is 111 cm³/mol. The molecule has 0 heterocycles. The molecule has 1 N–H and O–H groups in total. The lowest BCUT2D eigenvalue weighted by Crippen LogP contribution is -2.20. The molecule has 0 atom stereocenters. The Bertz CT molecular complexity index is 1000. The van der Waals surface area contributed by atoms with E-state index in [1.807, 2.05) is 30.3 Å². The van der Waals surface area contributed by atoms with Crippen molar-refractivity contribution < 1.29 is 28.5 Å². The first-order chi connectivity index (χ1) is 14.6. The van der Waals surface area contributed by atoms with Crippen LogP contribution in [0.2, 0.25) is 0 Å². The second-order valence-electron chi connectivity index (χ2n) is 6.13. The normalized spacial score (nSPS) is 10.1. The SMILES string of the molecule is COc1ccc(C(=O)OCC(=O)Nc2ccc(Oc3ccccc3)cc2)cc1OC. The Labute approximate surface area is 174 Å². The zero-order valence-corrected chi connectivity index (χ0v) is 16.6. The van der Waals surface area contributed by atoms with Crippen molar-refractivity contribution in [1.29, 1.82) is 0 Å². The van der Waals surface area contributed by atoms with Gasteiger partial charge in [0.25, 0.3) is 5.91 Å². The molecule has 7 nitrogen and oxygen atoms in total. The first kappa shape index (κ1) is 20.7. The lowest BCUT2D eigenvalue weighted by atomic mass is 10.2. The van der Waals surface area contributed by atoms with Gasteiger partial charge in [0.2, 0.25) is 0 Å². The number of hydrogen-bond acceptors (Lipinski definition) is 6. The van der Waals surface area contributed by atoms with Crippen LogP contribution in [-0.4, -0.2) is 32.7 Å². The summed E-state index contributed by atoms with van der Waals surface area (Å²) in [6, 6.07) is 20.9. The molecule has 0 spiro atoms. The molecule has 0 fully saturated rings. The fraction of sp³-hybridized carbons (Fsp3) is 0.130. The van der Waals surface area contributed by atoms with E-state index in [4.69, 9.17) is 18.9 Å². The Hall–Kier alpha value is -4.00. The third-order valence-electron chi connectivity index (χ3n) is 4.07. The van der Waals surface area contributed by atoms with Gasteiger partial charge in [0, 0.05) is 5.69 Å². The molecule has 0 radical (unpaired) electrons. The summed E-state index contributed by atoms with van der Waals surface area (Å²) in [5.74, 6) is 1.15. The Morgan fingerprint density at radius 3 is 2.13 bits per heavy atom. The summed E-state index contributed by atoms with van der Waals surface area (Å²) in [7, 11) is 2.97. The van der Waals surface area contributed by atoms with Gasteiger partial charge in [-0.1, -0.05) is 18.2 Å². The number of methoxy groups -OCH3 is 2. The molecule has 0 saturated heterocycles. The molecule has 3 rings (SSSR count). The number of ether oxygens (including phenoxy) is 4. The molecule has 1 amide bonds. The molecule has 0 bridgehead atoms. The number of amides is 1. The van der Waals surface area contributed by atoms with Crippen LogP contribution in [-0.2, 0) is 9.53 Å². The van der Waals surface area contributed by atoms with Crippen LogP contribution < -0.4 is 19.5 Å². The van der Waals surface area contributed by atoms with Gasteiger partial charge < -0.3 is 24.3 Å². The molecule has 7 heteroatoms. The van der Waals surface area contributed by atoms with Crippen molar-refractivity contribution in [2.75, 3.05) is 26.1 Å². The van der Waals surface area contributed by atoms with Crippen molar-refractivity contribution in [2.24, 2.45) is 0 Å². The highest BCUT2D eigenvalue weighted by Gasteiger charge is 2.14. The zero-order valence-electron chi connectivity index (χ0n) is 16.6. The maximum Gasteiger partial charge on any atom is 0.338 e. The Balaban J connectivity index is 1.51. The van der Waals surface area contributed by atoms with Crippen molar-refractivity contribution in [3.05, 3.63) is 78.4 Å². The van der Waals surface area contributed by atoms with E-state index >= 15 is 0 Å². The summed E-state index contributed by atoms with van der Waals surface area (Å²) >= 11 is 0. The molecule has 0 unspecified atom stereocenters. The first-order valence-electron chi connectivity index (χ1n) is 9.11. The van der Waals surface area contributed by atoms with Gasteiger partial charge in [-0.15, -0.1) is 0 Å². The van der Waals surface area contributed by atoms with Crippen LogP contribution in [0, 0.1) is 0 Å². The van der Waals surface area contributed by atoms with E-state index in [0.717, 1.165) is 5.75 Å². The second-order valence-corrected chi connectivity index (χ2v) is 6.13. The van der Waals surface area contributed by atoms with Gasteiger partial charge in [-0.05, 0) is 54.6 Å². The number of esters is 1. The molecule has 3 aromatic rings. The molecular weight excluding hydrogens is 386 g/mol. The number of anilines is 1. The van der Waals surface area contributed by atoms with E-state index in [9.17, 15) is 9.59 Å². The second kappa shape index (κ2) is 9.97. The fourth-order valence-electron chi connectivity index (χ4n) is 2.61. The zero-order chi connectivity index (χ0) is 21.3. The summed E-state index contributed by atoms with van der Waals surface area (Å²) in [5, 5.41) is 2.66. The van der Waals surface area contributed by atoms with E-state index in [1.165, 1.54) is 26.4 Å². The van der Waals surface area contributed by atoms with Crippen molar-refractivity contribution in [3.8, 4) is 23.0 Å². The van der Waals surface area contributed by atoms with Gasteiger partial charge in [-0.3, -0.25) is 4.79 Å². The average Bonchev–Trinajstić information content (AvgIpc) is 2.79. The molecule has 30 heavy (non-hydrogen) atoms. The lowest BCUT2D eigenvalue weighted by Gasteiger charge is -2.10. The number of rotatable bonds is 8. The molecule has 0 aliphatic carbocycles. The molecule has 154 valence electrons. The Kier molecular flexibility index (Phi) is 6.89. The number of benzene rings is 3. The smallest absolute Gasteiger partial charge is 0.338 e. The Morgan fingerprint density at radius 1 is 0.800 bits per heavy atom. The molecule has 0 aliphatic heterocycles. The highest BCUT2D eigenvalue weighted by Crippen LogP contribution is 2.28. The Morgan fingerprint density at radius 2 is 1.47 bits per heavy atom. The van der Waals surface area contributed by atoms with Crippen molar-refractivity contribution >= 4 is 17.6 Å². The minimum Gasteiger partial charge on any atom is -0.493 e. The van der Waals surface area contributed by atoms with Crippen LogP contribution in [0.25, 0.3) is 0 Å². The quantitative estimate of drug-likeness (QED) is 0.561. The molecule has 0 aliphatic rings. The molecule has 0 aromatic heterocycles.